The Bertz CT molecular complexity index is 593. The molecule has 1 aromatic rings. The molecule has 1 fully saturated rings. The van der Waals surface area contributed by atoms with Crippen LogP contribution in [0.25, 0.3) is 0 Å². The van der Waals surface area contributed by atoms with E-state index in [4.69, 9.17) is 16.3 Å². The molecular formula is C17H24ClN3O2. The van der Waals surface area contributed by atoms with Gasteiger partial charge in [0.15, 0.2) is 5.75 Å². The molecule has 3 rings (SSSR count). The largest absolute Gasteiger partial charge is 0.489 e. The van der Waals surface area contributed by atoms with Crippen molar-refractivity contribution >= 4 is 23.2 Å². The molecule has 0 aliphatic carbocycles. The molecule has 1 unspecified atom stereocenters. The number of anilines is 1. The summed E-state index contributed by atoms with van der Waals surface area (Å²) >= 11 is 6.19. The Kier molecular flexibility index (Phi) is 4.97. The summed E-state index contributed by atoms with van der Waals surface area (Å²) in [6, 6.07) is 3.98. The molecule has 1 amide bonds. The molecule has 0 saturated carbocycles. The van der Waals surface area contributed by atoms with Gasteiger partial charge in [-0.15, -0.1) is 0 Å². The van der Waals surface area contributed by atoms with Gasteiger partial charge in [-0.05, 0) is 38.1 Å². The van der Waals surface area contributed by atoms with Gasteiger partial charge in [0.25, 0.3) is 5.91 Å². The minimum absolute atomic E-state index is 0.109. The first-order chi connectivity index (χ1) is 11.1. The van der Waals surface area contributed by atoms with Crippen LogP contribution >= 0.6 is 11.6 Å². The average Bonchev–Trinajstić information content (AvgIpc) is 3.00. The van der Waals surface area contributed by atoms with Gasteiger partial charge in [-0.25, -0.2) is 0 Å². The molecule has 1 N–H and O–H groups in total. The fraction of sp³-hybridized carbons (Fsp3) is 0.588. The first-order valence-electron chi connectivity index (χ1n) is 8.30. The molecule has 1 atom stereocenters. The predicted octanol–water partition coefficient (Wildman–Crippen LogP) is 2.38. The maximum absolute atomic E-state index is 12.6. The van der Waals surface area contributed by atoms with Gasteiger partial charge >= 0.3 is 0 Å². The highest BCUT2D eigenvalue weighted by atomic mass is 35.5. The molecule has 6 heteroatoms. The normalized spacial score (nSPS) is 21.0. The molecule has 126 valence electrons. The first-order valence-corrected chi connectivity index (χ1v) is 8.67. The van der Waals surface area contributed by atoms with Gasteiger partial charge in [0.1, 0.15) is 6.61 Å². The zero-order valence-corrected chi connectivity index (χ0v) is 14.5. The van der Waals surface area contributed by atoms with E-state index in [9.17, 15) is 4.79 Å². The Morgan fingerprint density at radius 3 is 3.04 bits per heavy atom. The molecule has 1 saturated heterocycles. The number of ether oxygens (including phenoxy) is 1. The maximum atomic E-state index is 12.6. The molecule has 2 heterocycles. The van der Waals surface area contributed by atoms with E-state index in [1.807, 2.05) is 13.1 Å². The number of hydrogen-bond acceptors (Lipinski definition) is 4. The van der Waals surface area contributed by atoms with E-state index in [0.29, 0.717) is 35.5 Å². The van der Waals surface area contributed by atoms with Gasteiger partial charge in [0.05, 0.1) is 17.8 Å². The highest BCUT2D eigenvalue weighted by Gasteiger charge is 2.26. The summed E-state index contributed by atoms with van der Waals surface area (Å²) in [6.45, 7) is 6.36. The zero-order chi connectivity index (χ0) is 16.4. The second-order valence-electron chi connectivity index (χ2n) is 6.21. The zero-order valence-electron chi connectivity index (χ0n) is 13.8. The standard InChI is InChI=1S/C17H24ClN3O2/c1-3-21-6-4-5-13(21)11-19-17(22)14-9-12(18)10-15-16(14)23-8-7-20(15)2/h9-10,13H,3-8,11H2,1-2H3,(H,19,22). The molecule has 23 heavy (non-hydrogen) atoms. The van der Waals surface area contributed by atoms with Gasteiger partial charge < -0.3 is 15.0 Å². The lowest BCUT2D eigenvalue weighted by atomic mass is 10.1. The summed E-state index contributed by atoms with van der Waals surface area (Å²) < 4.78 is 5.74. The number of rotatable bonds is 4. The van der Waals surface area contributed by atoms with Crippen molar-refractivity contribution in [3.8, 4) is 5.75 Å². The Morgan fingerprint density at radius 2 is 2.26 bits per heavy atom. The summed E-state index contributed by atoms with van der Waals surface area (Å²) in [5.74, 6) is 0.529. The summed E-state index contributed by atoms with van der Waals surface area (Å²) in [4.78, 5) is 17.1. The van der Waals surface area contributed by atoms with Crippen LogP contribution in [0.3, 0.4) is 0 Å². The smallest absolute Gasteiger partial charge is 0.255 e. The van der Waals surface area contributed by atoms with Crippen molar-refractivity contribution in [1.82, 2.24) is 10.2 Å². The summed E-state index contributed by atoms with van der Waals surface area (Å²) in [6.07, 6.45) is 2.34. The van der Waals surface area contributed by atoms with E-state index in [2.05, 4.69) is 22.0 Å². The molecule has 0 bridgehead atoms. The molecule has 1 aromatic carbocycles. The van der Waals surface area contributed by atoms with Gasteiger partial charge in [-0.3, -0.25) is 9.69 Å². The topological polar surface area (TPSA) is 44.8 Å². The molecule has 2 aliphatic rings. The third-order valence-corrected chi connectivity index (χ3v) is 4.98. The van der Waals surface area contributed by atoms with Gasteiger partial charge in [-0.2, -0.15) is 0 Å². The van der Waals surface area contributed by atoms with E-state index in [-0.39, 0.29) is 5.91 Å². The lowest BCUT2D eigenvalue weighted by molar-refractivity contribution is 0.0937. The van der Waals surface area contributed by atoms with Crippen LogP contribution in [0.2, 0.25) is 5.02 Å². The second kappa shape index (κ2) is 6.97. The van der Waals surface area contributed by atoms with E-state index < -0.39 is 0 Å². The first kappa shape index (κ1) is 16.4. The minimum atomic E-state index is -0.109. The Balaban J connectivity index is 1.75. The number of hydrogen-bond donors (Lipinski definition) is 1. The van der Waals surface area contributed by atoms with Crippen molar-refractivity contribution in [2.24, 2.45) is 0 Å². The number of likely N-dealkylation sites (N-methyl/N-ethyl adjacent to an activating group) is 2. The monoisotopic (exact) mass is 337 g/mol. The number of carbonyl (C=O) groups is 1. The number of carbonyl (C=O) groups excluding carboxylic acids is 1. The number of nitrogens with zero attached hydrogens (tertiary/aromatic N) is 2. The fourth-order valence-electron chi connectivity index (χ4n) is 3.44. The highest BCUT2D eigenvalue weighted by molar-refractivity contribution is 6.31. The van der Waals surface area contributed by atoms with Crippen LogP contribution in [0, 0.1) is 0 Å². The Labute approximate surface area is 142 Å². The van der Waals surface area contributed by atoms with Crippen LogP contribution in [0.15, 0.2) is 12.1 Å². The van der Waals surface area contributed by atoms with E-state index in [0.717, 1.165) is 31.7 Å². The number of amides is 1. The summed E-state index contributed by atoms with van der Waals surface area (Å²) in [7, 11) is 1.98. The van der Waals surface area contributed by atoms with E-state index in [1.165, 1.54) is 6.42 Å². The number of halogens is 1. The minimum Gasteiger partial charge on any atom is -0.489 e. The van der Waals surface area contributed by atoms with Gasteiger partial charge in [0.2, 0.25) is 0 Å². The van der Waals surface area contributed by atoms with Crippen LogP contribution in [0.5, 0.6) is 5.75 Å². The van der Waals surface area contributed by atoms with Crippen molar-refractivity contribution in [3.05, 3.63) is 22.7 Å². The number of likely N-dealkylation sites (tertiary alicyclic amines) is 1. The van der Waals surface area contributed by atoms with Gasteiger partial charge in [-0.1, -0.05) is 18.5 Å². The molecular weight excluding hydrogens is 314 g/mol. The number of nitrogens with one attached hydrogen (secondary N) is 1. The second-order valence-corrected chi connectivity index (χ2v) is 6.64. The average molecular weight is 338 g/mol. The van der Waals surface area contributed by atoms with Crippen molar-refractivity contribution in [3.63, 3.8) is 0 Å². The predicted molar refractivity (Wildman–Crippen MR) is 92.8 cm³/mol. The van der Waals surface area contributed by atoms with Crippen LogP contribution in [-0.4, -0.2) is 56.7 Å². The van der Waals surface area contributed by atoms with E-state index in [1.54, 1.807) is 6.07 Å². The van der Waals surface area contributed by atoms with Crippen LogP contribution in [-0.2, 0) is 0 Å². The number of benzene rings is 1. The van der Waals surface area contributed by atoms with E-state index >= 15 is 0 Å². The lowest BCUT2D eigenvalue weighted by Crippen LogP contribution is -2.40. The lowest BCUT2D eigenvalue weighted by Gasteiger charge is -2.29. The van der Waals surface area contributed by atoms with Gasteiger partial charge in [0, 0.05) is 24.7 Å². The molecule has 2 aliphatic heterocycles. The molecule has 0 aromatic heterocycles. The molecule has 0 spiro atoms. The Morgan fingerprint density at radius 1 is 1.43 bits per heavy atom. The molecule has 5 nitrogen and oxygen atoms in total. The molecule has 0 radical (unpaired) electrons. The quantitative estimate of drug-likeness (QED) is 0.916. The fourth-order valence-corrected chi connectivity index (χ4v) is 3.65. The number of fused-ring (bicyclic) bond motifs is 1. The third kappa shape index (κ3) is 3.40. The maximum Gasteiger partial charge on any atom is 0.255 e. The van der Waals surface area contributed by atoms with Crippen LogP contribution < -0.4 is 15.0 Å². The van der Waals surface area contributed by atoms with Crippen LogP contribution in [0.4, 0.5) is 5.69 Å². The van der Waals surface area contributed by atoms with Crippen molar-refractivity contribution in [1.29, 1.82) is 0 Å². The Hall–Kier alpha value is -1.46. The highest BCUT2D eigenvalue weighted by Crippen LogP contribution is 2.37. The summed E-state index contributed by atoms with van der Waals surface area (Å²) in [5.41, 5.74) is 1.41. The van der Waals surface area contributed by atoms with Crippen molar-refractivity contribution in [2.75, 3.05) is 44.7 Å². The van der Waals surface area contributed by atoms with Crippen molar-refractivity contribution < 1.29 is 9.53 Å². The third-order valence-electron chi connectivity index (χ3n) is 4.77. The van der Waals surface area contributed by atoms with Crippen molar-refractivity contribution in [2.45, 2.75) is 25.8 Å². The SMILES string of the molecule is CCN1CCCC1CNC(=O)c1cc(Cl)cc2c1OCCN2C. The summed E-state index contributed by atoms with van der Waals surface area (Å²) in [5, 5.41) is 3.62. The van der Waals surface area contributed by atoms with Crippen LogP contribution in [0.1, 0.15) is 30.1 Å².